The number of nitrogens with zero attached hydrogens (tertiary/aromatic N) is 4. The van der Waals surface area contributed by atoms with Crippen LogP contribution < -0.4 is 5.14 Å². The predicted octanol–water partition coefficient (Wildman–Crippen LogP) is -1.23. The summed E-state index contributed by atoms with van der Waals surface area (Å²) in [7, 11) is -3.76. The molecule has 0 aliphatic rings. The molecule has 8 heteroatoms. The van der Waals surface area contributed by atoms with Crippen molar-refractivity contribution in [3.05, 3.63) is 18.5 Å². The maximum atomic E-state index is 10.9. The average molecular weight is 199 g/mol. The number of rotatable bonds is 1. The molecule has 2 heterocycles. The van der Waals surface area contributed by atoms with Crippen molar-refractivity contribution < 1.29 is 8.42 Å². The Kier molecular flexibility index (Phi) is 1.54. The van der Waals surface area contributed by atoms with Gasteiger partial charge < -0.3 is 0 Å². The third-order valence-corrected chi connectivity index (χ3v) is 2.23. The van der Waals surface area contributed by atoms with Crippen molar-refractivity contribution in [1.29, 1.82) is 0 Å². The molecule has 13 heavy (non-hydrogen) atoms. The van der Waals surface area contributed by atoms with Crippen LogP contribution in [-0.4, -0.2) is 28.2 Å². The van der Waals surface area contributed by atoms with Gasteiger partial charge >= 0.3 is 0 Å². The molecule has 68 valence electrons. The minimum atomic E-state index is -3.76. The van der Waals surface area contributed by atoms with Crippen molar-refractivity contribution in [2.75, 3.05) is 0 Å². The van der Waals surface area contributed by atoms with Crippen LogP contribution in [0.1, 0.15) is 0 Å². The smallest absolute Gasteiger partial charge is 0.223 e. The first-order valence-electron chi connectivity index (χ1n) is 3.27. The zero-order valence-electron chi connectivity index (χ0n) is 6.32. The van der Waals surface area contributed by atoms with Gasteiger partial charge in [-0.15, -0.1) is 10.2 Å². The van der Waals surface area contributed by atoms with Gasteiger partial charge in [0.2, 0.25) is 0 Å². The minimum Gasteiger partial charge on any atom is -0.223 e. The molecule has 2 rings (SSSR count). The lowest BCUT2D eigenvalue weighted by atomic mass is 10.6. The molecule has 0 bridgehead atoms. The van der Waals surface area contributed by atoms with Crippen molar-refractivity contribution in [2.24, 2.45) is 5.14 Å². The number of aromatic nitrogens is 4. The molecule has 0 radical (unpaired) electrons. The van der Waals surface area contributed by atoms with Crippen LogP contribution >= 0.6 is 0 Å². The molecule has 0 aliphatic heterocycles. The van der Waals surface area contributed by atoms with Gasteiger partial charge in [-0.25, -0.2) is 13.6 Å². The van der Waals surface area contributed by atoms with Gasteiger partial charge in [-0.2, -0.15) is 9.61 Å². The van der Waals surface area contributed by atoms with Crippen molar-refractivity contribution in [3.63, 3.8) is 0 Å². The second-order valence-electron chi connectivity index (χ2n) is 2.35. The van der Waals surface area contributed by atoms with Crippen LogP contribution in [0.15, 0.2) is 23.5 Å². The van der Waals surface area contributed by atoms with E-state index in [1.165, 1.54) is 23.0 Å². The monoisotopic (exact) mass is 199 g/mol. The van der Waals surface area contributed by atoms with E-state index >= 15 is 0 Å². The van der Waals surface area contributed by atoms with Gasteiger partial charge in [0.05, 0.1) is 0 Å². The molecule has 7 nitrogen and oxygen atoms in total. The van der Waals surface area contributed by atoms with E-state index < -0.39 is 10.0 Å². The van der Waals surface area contributed by atoms with Crippen molar-refractivity contribution in [2.45, 2.75) is 5.03 Å². The molecule has 0 atom stereocenters. The van der Waals surface area contributed by atoms with Gasteiger partial charge in [0.1, 0.15) is 6.33 Å². The molecule has 0 saturated heterocycles. The first-order valence-corrected chi connectivity index (χ1v) is 4.82. The molecule has 0 saturated carbocycles. The lowest BCUT2D eigenvalue weighted by molar-refractivity contribution is 0.590. The summed E-state index contributed by atoms with van der Waals surface area (Å²) in [4.78, 5) is 0. The zero-order valence-corrected chi connectivity index (χ0v) is 7.14. The van der Waals surface area contributed by atoms with Crippen LogP contribution in [0.5, 0.6) is 0 Å². The van der Waals surface area contributed by atoms with Gasteiger partial charge in [0, 0.05) is 0 Å². The highest BCUT2D eigenvalue weighted by Gasteiger charge is 2.10. The van der Waals surface area contributed by atoms with Crippen molar-refractivity contribution in [1.82, 2.24) is 19.8 Å². The van der Waals surface area contributed by atoms with E-state index in [1.54, 1.807) is 0 Å². The number of nitrogens with two attached hydrogens (primary N) is 1. The van der Waals surface area contributed by atoms with E-state index in [2.05, 4.69) is 15.3 Å². The van der Waals surface area contributed by atoms with Gasteiger partial charge in [-0.1, -0.05) is 0 Å². The van der Waals surface area contributed by atoms with Crippen LogP contribution in [0.3, 0.4) is 0 Å². The highest BCUT2D eigenvalue weighted by molar-refractivity contribution is 7.89. The molecule has 2 aromatic rings. The highest BCUT2D eigenvalue weighted by Crippen LogP contribution is 2.02. The largest absolute Gasteiger partial charge is 0.257 e. The summed E-state index contributed by atoms with van der Waals surface area (Å²) in [5.74, 6) is 0. The number of sulfonamides is 1. The number of hydrogen-bond acceptors (Lipinski definition) is 5. The Morgan fingerprint density at radius 3 is 2.85 bits per heavy atom. The summed E-state index contributed by atoms with van der Waals surface area (Å²) >= 11 is 0. The zero-order chi connectivity index (χ0) is 9.47. The van der Waals surface area contributed by atoms with Crippen LogP contribution in [0.25, 0.3) is 5.65 Å². The predicted molar refractivity (Wildman–Crippen MR) is 42.2 cm³/mol. The lowest BCUT2D eigenvalue weighted by Crippen LogP contribution is -2.15. The first kappa shape index (κ1) is 8.08. The summed E-state index contributed by atoms with van der Waals surface area (Å²) in [6.45, 7) is 0. The fourth-order valence-corrected chi connectivity index (χ4v) is 1.32. The summed E-state index contributed by atoms with van der Waals surface area (Å²) in [6, 6.07) is 2.75. The Morgan fingerprint density at radius 1 is 1.38 bits per heavy atom. The standard InChI is InChI=1S/C5H5N5O2S/c6-13(11,12)5-2-1-4-8-7-3-10(4)9-5/h1-3H,(H2,6,11,12). The number of primary sulfonamides is 1. The third-order valence-electron chi connectivity index (χ3n) is 1.43. The molecule has 0 fully saturated rings. The van der Waals surface area contributed by atoms with Crippen molar-refractivity contribution >= 4 is 15.7 Å². The van der Waals surface area contributed by atoms with Gasteiger partial charge in [-0.3, -0.25) is 0 Å². The van der Waals surface area contributed by atoms with Crippen LogP contribution in [0.4, 0.5) is 0 Å². The average Bonchev–Trinajstić information content (AvgIpc) is 2.47. The van der Waals surface area contributed by atoms with E-state index in [9.17, 15) is 8.42 Å². The maximum Gasteiger partial charge on any atom is 0.257 e. The summed E-state index contributed by atoms with van der Waals surface area (Å²) in [5, 5.41) is 15.5. The molecular formula is C5H5N5O2S. The van der Waals surface area contributed by atoms with Crippen molar-refractivity contribution in [3.8, 4) is 0 Å². The molecule has 0 unspecified atom stereocenters. The van der Waals surface area contributed by atoms with Gasteiger partial charge in [-0.05, 0) is 12.1 Å². The molecule has 2 aromatic heterocycles. The molecular weight excluding hydrogens is 194 g/mol. The van der Waals surface area contributed by atoms with Crippen LogP contribution in [-0.2, 0) is 10.0 Å². The number of hydrogen-bond donors (Lipinski definition) is 1. The Bertz CT molecular complexity index is 545. The summed E-state index contributed by atoms with van der Waals surface area (Å²) in [6.07, 6.45) is 1.30. The molecule has 0 spiro atoms. The SMILES string of the molecule is NS(=O)(=O)c1ccc2nncn2n1. The summed E-state index contributed by atoms with van der Waals surface area (Å²) < 4.78 is 23.0. The van der Waals surface area contributed by atoms with E-state index in [4.69, 9.17) is 5.14 Å². The molecule has 0 aliphatic carbocycles. The van der Waals surface area contributed by atoms with Crippen LogP contribution in [0.2, 0.25) is 0 Å². The second kappa shape index (κ2) is 2.47. The molecule has 2 N–H and O–H groups in total. The highest BCUT2D eigenvalue weighted by atomic mass is 32.2. The topological polar surface area (TPSA) is 103 Å². The molecule has 0 aromatic carbocycles. The first-order chi connectivity index (χ1) is 6.07. The van der Waals surface area contributed by atoms with Gasteiger partial charge in [0.25, 0.3) is 10.0 Å². The minimum absolute atomic E-state index is 0.209. The fraction of sp³-hybridized carbons (Fsp3) is 0. The Balaban J connectivity index is 2.75. The van der Waals surface area contributed by atoms with E-state index in [0.29, 0.717) is 5.65 Å². The second-order valence-corrected chi connectivity index (χ2v) is 3.86. The molecule has 0 amide bonds. The maximum absolute atomic E-state index is 10.9. The van der Waals surface area contributed by atoms with Crippen LogP contribution in [0, 0.1) is 0 Å². The van der Waals surface area contributed by atoms with E-state index in [-0.39, 0.29) is 5.03 Å². The quantitative estimate of drug-likeness (QED) is 0.619. The Labute approximate surface area is 73.2 Å². The van der Waals surface area contributed by atoms with E-state index in [0.717, 1.165) is 0 Å². The van der Waals surface area contributed by atoms with E-state index in [1.807, 2.05) is 0 Å². The lowest BCUT2D eigenvalue weighted by Gasteiger charge is -1.95. The number of fused-ring (bicyclic) bond motifs is 1. The Hall–Kier alpha value is -1.54. The normalized spacial score (nSPS) is 12.1. The summed E-state index contributed by atoms with van der Waals surface area (Å²) in [5.41, 5.74) is 0.465. The van der Waals surface area contributed by atoms with Gasteiger partial charge in [0.15, 0.2) is 10.7 Å². The Morgan fingerprint density at radius 2 is 2.15 bits per heavy atom. The third kappa shape index (κ3) is 1.36. The fourth-order valence-electron chi connectivity index (χ4n) is 0.863.